The minimum absolute atomic E-state index is 0.00482. The summed E-state index contributed by atoms with van der Waals surface area (Å²) in [5, 5.41) is 5.40. The molecule has 0 bridgehead atoms. The predicted octanol–water partition coefficient (Wildman–Crippen LogP) is 2.85. The van der Waals surface area contributed by atoms with Crippen LogP contribution in [-0.2, 0) is 16.1 Å². The van der Waals surface area contributed by atoms with Gasteiger partial charge in [0.1, 0.15) is 0 Å². The molecule has 0 aliphatic heterocycles. The first-order valence-electron chi connectivity index (χ1n) is 5.00. The molecule has 0 amide bonds. The fraction of sp³-hybridized carbons (Fsp3) is 0.417. The van der Waals surface area contributed by atoms with Crippen LogP contribution < -0.4 is 0 Å². The number of rotatable bonds is 5. The van der Waals surface area contributed by atoms with Crippen molar-refractivity contribution in [3.63, 3.8) is 0 Å². The molecule has 4 heteroatoms. The molecule has 0 heterocycles. The second kappa shape index (κ2) is 10.0. The Morgan fingerprint density at radius 1 is 1.44 bits per heavy atom. The summed E-state index contributed by atoms with van der Waals surface area (Å²) in [5.41, 5.74) is 1.13. The number of ether oxygens (including phenoxy) is 1. The smallest absolute Gasteiger partial charge is 0.231 e. The van der Waals surface area contributed by atoms with Gasteiger partial charge in [-0.15, -0.1) is 0 Å². The van der Waals surface area contributed by atoms with Gasteiger partial charge in [0, 0.05) is 6.42 Å². The quantitative estimate of drug-likeness (QED) is 0.618. The molecule has 1 aromatic carbocycles. The van der Waals surface area contributed by atoms with Crippen LogP contribution in [0, 0.1) is 5.41 Å². The Morgan fingerprint density at radius 2 is 2.00 bits per heavy atom. The molecule has 0 aliphatic carbocycles. The molecule has 0 spiro atoms. The highest BCUT2D eigenvalue weighted by Gasteiger charge is 2.01. The average Bonchev–Trinajstić information content (AvgIpc) is 2.29. The molecule has 3 nitrogen and oxygen atoms in total. The van der Waals surface area contributed by atoms with Crippen molar-refractivity contribution in [1.82, 2.24) is 0 Å². The molecule has 1 unspecified atom stereocenters. The molecule has 0 radical (unpaired) electrons. The Balaban J connectivity index is 0.000000673. The Labute approximate surface area is 94.8 Å². The summed E-state index contributed by atoms with van der Waals surface area (Å²) in [5.74, 6) is 0. The van der Waals surface area contributed by atoms with Crippen molar-refractivity contribution in [2.75, 3.05) is 6.67 Å². The first-order chi connectivity index (χ1) is 7.74. The molecule has 16 heavy (non-hydrogen) atoms. The van der Waals surface area contributed by atoms with Gasteiger partial charge in [0.25, 0.3) is 0 Å². The van der Waals surface area contributed by atoms with Gasteiger partial charge in [-0.2, -0.15) is 0 Å². The number of hydrogen-bond donors (Lipinski definition) is 1. The van der Waals surface area contributed by atoms with E-state index in [2.05, 4.69) is 0 Å². The Bertz CT molecular complexity index is 297. The van der Waals surface area contributed by atoms with Crippen LogP contribution in [0.25, 0.3) is 0 Å². The fourth-order valence-corrected chi connectivity index (χ4v) is 1.05. The Morgan fingerprint density at radius 3 is 2.50 bits per heavy atom. The highest BCUT2D eigenvalue weighted by Crippen LogP contribution is 2.05. The Hall–Kier alpha value is -1.51. The van der Waals surface area contributed by atoms with Crippen molar-refractivity contribution >= 4 is 6.08 Å². The van der Waals surface area contributed by atoms with Crippen molar-refractivity contribution in [2.45, 2.75) is 26.1 Å². The zero-order valence-electron chi connectivity index (χ0n) is 9.28. The molecule has 1 aromatic rings. The molecule has 0 saturated heterocycles. The SMILES string of the molecule is CC(CCF)OCc1ccccc1.N=C=O. The van der Waals surface area contributed by atoms with Crippen molar-refractivity contribution < 1.29 is 13.9 Å². The van der Waals surface area contributed by atoms with Crippen LogP contribution in [0.2, 0.25) is 0 Å². The van der Waals surface area contributed by atoms with Gasteiger partial charge in [-0.25, -0.2) is 10.2 Å². The van der Waals surface area contributed by atoms with E-state index >= 15 is 0 Å². The lowest BCUT2D eigenvalue weighted by molar-refractivity contribution is 0.0434. The molecule has 0 fully saturated rings. The van der Waals surface area contributed by atoms with E-state index in [0.717, 1.165) is 11.6 Å². The fourth-order valence-electron chi connectivity index (χ4n) is 1.05. The molecule has 0 saturated carbocycles. The van der Waals surface area contributed by atoms with Crippen LogP contribution in [0.4, 0.5) is 4.39 Å². The first-order valence-corrected chi connectivity index (χ1v) is 5.00. The number of isocyanates is 1. The number of alkyl halides is 1. The molecule has 1 atom stereocenters. The number of carbonyl (C=O) groups excluding carboxylic acids is 1. The van der Waals surface area contributed by atoms with Crippen LogP contribution in [0.3, 0.4) is 0 Å². The number of benzene rings is 1. The van der Waals surface area contributed by atoms with E-state index in [4.69, 9.17) is 14.9 Å². The van der Waals surface area contributed by atoms with E-state index in [-0.39, 0.29) is 12.8 Å². The summed E-state index contributed by atoms with van der Waals surface area (Å²) in [6.07, 6.45) is 1.23. The summed E-state index contributed by atoms with van der Waals surface area (Å²) in [6, 6.07) is 9.91. The first kappa shape index (κ1) is 14.5. The lowest BCUT2D eigenvalue weighted by Crippen LogP contribution is -2.08. The van der Waals surface area contributed by atoms with Gasteiger partial charge in [-0.3, -0.25) is 4.39 Å². The third-order valence-electron chi connectivity index (χ3n) is 1.89. The summed E-state index contributed by atoms with van der Waals surface area (Å²) < 4.78 is 17.3. The van der Waals surface area contributed by atoms with Gasteiger partial charge >= 0.3 is 0 Å². The summed E-state index contributed by atoms with van der Waals surface area (Å²) >= 11 is 0. The standard InChI is InChI=1S/C11H15FO.CHNO/c1-10(7-8-12)13-9-11-5-3-2-4-6-11;2-1-3/h2-6,10H,7-9H2,1H3;2H. The van der Waals surface area contributed by atoms with Crippen LogP contribution in [0.5, 0.6) is 0 Å². The van der Waals surface area contributed by atoms with E-state index in [9.17, 15) is 4.39 Å². The van der Waals surface area contributed by atoms with Gasteiger partial charge < -0.3 is 4.74 Å². The Kier molecular flexibility index (Phi) is 9.08. The predicted molar refractivity (Wildman–Crippen MR) is 59.7 cm³/mol. The summed E-state index contributed by atoms with van der Waals surface area (Å²) in [6.45, 7) is 2.15. The minimum Gasteiger partial charge on any atom is -0.374 e. The van der Waals surface area contributed by atoms with E-state index < -0.39 is 0 Å². The van der Waals surface area contributed by atoms with Gasteiger partial charge in [0.2, 0.25) is 6.08 Å². The van der Waals surface area contributed by atoms with Crippen molar-refractivity contribution in [3.05, 3.63) is 35.9 Å². The molecule has 0 aliphatic rings. The largest absolute Gasteiger partial charge is 0.374 e. The minimum atomic E-state index is -0.310. The van der Waals surface area contributed by atoms with Gasteiger partial charge in [-0.05, 0) is 12.5 Å². The van der Waals surface area contributed by atoms with Crippen LogP contribution in [-0.4, -0.2) is 18.9 Å². The third kappa shape index (κ3) is 7.85. The van der Waals surface area contributed by atoms with E-state index in [0.29, 0.717) is 13.0 Å². The molecule has 1 rings (SSSR count). The topological polar surface area (TPSA) is 50.1 Å². The van der Waals surface area contributed by atoms with Gasteiger partial charge in [0.15, 0.2) is 0 Å². The zero-order valence-corrected chi connectivity index (χ0v) is 9.28. The number of nitrogens with one attached hydrogen (secondary N) is 1. The van der Waals surface area contributed by atoms with Crippen molar-refractivity contribution in [3.8, 4) is 0 Å². The molecular weight excluding hydrogens is 209 g/mol. The van der Waals surface area contributed by atoms with Gasteiger partial charge in [-0.1, -0.05) is 30.3 Å². The van der Waals surface area contributed by atoms with Crippen LogP contribution in [0.1, 0.15) is 18.9 Å². The lowest BCUT2D eigenvalue weighted by atomic mass is 10.2. The zero-order chi connectivity index (χ0) is 12.2. The van der Waals surface area contributed by atoms with E-state index in [1.807, 2.05) is 37.3 Å². The average molecular weight is 225 g/mol. The maximum Gasteiger partial charge on any atom is 0.231 e. The van der Waals surface area contributed by atoms with E-state index in [1.165, 1.54) is 0 Å². The number of halogens is 1. The second-order valence-corrected chi connectivity index (χ2v) is 3.19. The van der Waals surface area contributed by atoms with Crippen LogP contribution >= 0.6 is 0 Å². The lowest BCUT2D eigenvalue weighted by Gasteiger charge is -2.10. The number of hydrogen-bond acceptors (Lipinski definition) is 3. The maximum absolute atomic E-state index is 11.9. The maximum atomic E-state index is 11.9. The third-order valence-corrected chi connectivity index (χ3v) is 1.89. The molecule has 88 valence electrons. The summed E-state index contributed by atoms with van der Waals surface area (Å²) in [4.78, 5) is 8.35. The molecule has 1 N–H and O–H groups in total. The molecule has 0 aromatic heterocycles. The van der Waals surface area contributed by atoms with Gasteiger partial charge in [0.05, 0.1) is 19.4 Å². The van der Waals surface area contributed by atoms with Crippen LogP contribution in [0.15, 0.2) is 30.3 Å². The second-order valence-electron chi connectivity index (χ2n) is 3.19. The molecular formula is C12H16FNO2. The highest BCUT2D eigenvalue weighted by atomic mass is 19.1. The van der Waals surface area contributed by atoms with Crippen molar-refractivity contribution in [1.29, 1.82) is 5.41 Å². The summed E-state index contributed by atoms with van der Waals surface area (Å²) in [7, 11) is 0. The highest BCUT2D eigenvalue weighted by molar-refractivity contribution is 5.26. The normalized spacial score (nSPS) is 10.9. The van der Waals surface area contributed by atoms with Crippen molar-refractivity contribution in [2.24, 2.45) is 0 Å². The van der Waals surface area contributed by atoms with E-state index in [1.54, 1.807) is 0 Å². The monoisotopic (exact) mass is 225 g/mol.